The molecular formula is C22H37N3O2. The van der Waals surface area contributed by atoms with Gasteiger partial charge in [-0.15, -0.1) is 0 Å². The van der Waals surface area contributed by atoms with Gasteiger partial charge in [-0.25, -0.2) is 4.98 Å². The zero-order valence-electron chi connectivity index (χ0n) is 17.8. The van der Waals surface area contributed by atoms with Crippen molar-refractivity contribution in [2.75, 3.05) is 26.3 Å². The van der Waals surface area contributed by atoms with Crippen LogP contribution in [0, 0.1) is 5.92 Å². The molecule has 1 fully saturated rings. The van der Waals surface area contributed by atoms with Gasteiger partial charge in [0.05, 0.1) is 5.69 Å². The zero-order chi connectivity index (χ0) is 19.9. The van der Waals surface area contributed by atoms with Crippen LogP contribution in [-0.2, 0) is 21.5 Å². The van der Waals surface area contributed by atoms with E-state index in [1.807, 2.05) is 11.0 Å². The lowest BCUT2D eigenvalue weighted by Gasteiger charge is -2.25. The van der Waals surface area contributed by atoms with Gasteiger partial charge in [0.15, 0.2) is 0 Å². The second kappa shape index (κ2) is 10.1. The molecule has 2 heterocycles. The summed E-state index contributed by atoms with van der Waals surface area (Å²) in [5.74, 6) is 1.80. The molecule has 152 valence electrons. The van der Waals surface area contributed by atoms with Gasteiger partial charge < -0.3 is 14.2 Å². The Bertz CT molecular complexity index is 616. The lowest BCUT2D eigenvalue weighted by molar-refractivity contribution is -0.126. The number of imidazole rings is 1. The molecule has 0 spiro atoms. The van der Waals surface area contributed by atoms with Crippen molar-refractivity contribution in [3.8, 4) is 0 Å². The molecule has 0 N–H and O–H groups in total. The molecule has 0 radical (unpaired) electrons. The van der Waals surface area contributed by atoms with Crippen LogP contribution < -0.4 is 0 Å². The molecule has 5 heteroatoms. The monoisotopic (exact) mass is 375 g/mol. The van der Waals surface area contributed by atoms with Gasteiger partial charge in [-0.2, -0.15) is 0 Å². The van der Waals surface area contributed by atoms with Crippen LogP contribution in [0.2, 0.25) is 0 Å². The summed E-state index contributed by atoms with van der Waals surface area (Å²) in [6, 6.07) is 0. The van der Waals surface area contributed by atoms with Crippen molar-refractivity contribution < 1.29 is 9.53 Å². The normalized spacial score (nSPS) is 16.2. The molecule has 1 saturated heterocycles. The molecule has 5 nitrogen and oxygen atoms in total. The Hall–Kier alpha value is -1.62. The number of carbonyl (C=O) groups is 1. The summed E-state index contributed by atoms with van der Waals surface area (Å²) in [6.45, 7) is 15.1. The highest BCUT2D eigenvalue weighted by molar-refractivity contribution is 5.91. The molecule has 0 aromatic carbocycles. The fourth-order valence-corrected chi connectivity index (χ4v) is 3.60. The van der Waals surface area contributed by atoms with E-state index in [2.05, 4.69) is 45.4 Å². The topological polar surface area (TPSA) is 47.4 Å². The highest BCUT2D eigenvalue weighted by Gasteiger charge is 2.24. The quantitative estimate of drug-likeness (QED) is 0.638. The summed E-state index contributed by atoms with van der Waals surface area (Å²) >= 11 is 0. The minimum Gasteiger partial charge on any atom is -0.381 e. The number of carbonyl (C=O) groups excluding carboxylic acids is 1. The third-order valence-corrected chi connectivity index (χ3v) is 4.96. The van der Waals surface area contributed by atoms with E-state index in [-0.39, 0.29) is 11.3 Å². The van der Waals surface area contributed by atoms with E-state index in [9.17, 15) is 4.79 Å². The van der Waals surface area contributed by atoms with Crippen molar-refractivity contribution in [3.63, 3.8) is 0 Å². The molecule has 1 aliphatic rings. The number of nitrogens with zero attached hydrogens (tertiary/aromatic N) is 3. The molecule has 1 aromatic heterocycles. The smallest absolute Gasteiger partial charge is 0.246 e. The number of aromatic nitrogens is 2. The predicted molar refractivity (Wildman–Crippen MR) is 111 cm³/mol. The zero-order valence-corrected chi connectivity index (χ0v) is 17.8. The van der Waals surface area contributed by atoms with Crippen LogP contribution in [0.4, 0.5) is 0 Å². The second-order valence-electron chi connectivity index (χ2n) is 8.61. The van der Waals surface area contributed by atoms with Crippen molar-refractivity contribution in [1.82, 2.24) is 14.5 Å². The Labute approximate surface area is 164 Å². The summed E-state index contributed by atoms with van der Waals surface area (Å²) in [5.41, 5.74) is 0.839. The number of hydrogen-bond donors (Lipinski definition) is 0. The molecule has 0 bridgehead atoms. The molecule has 27 heavy (non-hydrogen) atoms. The first-order valence-electron chi connectivity index (χ1n) is 10.5. The summed E-state index contributed by atoms with van der Waals surface area (Å²) in [4.78, 5) is 19.3. The minimum absolute atomic E-state index is 0.0300. The Morgan fingerprint density at radius 2 is 1.89 bits per heavy atom. The van der Waals surface area contributed by atoms with Crippen LogP contribution in [-0.4, -0.2) is 46.7 Å². The Kier molecular flexibility index (Phi) is 8.08. The second-order valence-corrected chi connectivity index (χ2v) is 8.61. The van der Waals surface area contributed by atoms with Crippen LogP contribution in [0.5, 0.6) is 0 Å². The molecule has 0 atom stereocenters. The fraction of sp³-hybridized carbons (Fsp3) is 0.727. The van der Waals surface area contributed by atoms with Crippen molar-refractivity contribution in [2.24, 2.45) is 5.92 Å². The van der Waals surface area contributed by atoms with Crippen LogP contribution in [0.15, 0.2) is 12.3 Å². The Balaban J connectivity index is 2.15. The largest absolute Gasteiger partial charge is 0.381 e. The van der Waals surface area contributed by atoms with E-state index in [4.69, 9.17) is 9.72 Å². The molecule has 0 unspecified atom stereocenters. The number of hydrogen-bond acceptors (Lipinski definition) is 3. The van der Waals surface area contributed by atoms with E-state index in [0.717, 1.165) is 70.0 Å². The Morgan fingerprint density at radius 3 is 2.44 bits per heavy atom. The van der Waals surface area contributed by atoms with Crippen molar-refractivity contribution in [2.45, 2.75) is 72.3 Å². The van der Waals surface area contributed by atoms with Gasteiger partial charge in [0.25, 0.3) is 0 Å². The van der Waals surface area contributed by atoms with Crippen LogP contribution in [0.3, 0.4) is 0 Å². The first kappa shape index (κ1) is 21.7. The minimum atomic E-state index is -0.0300. The van der Waals surface area contributed by atoms with E-state index in [1.54, 1.807) is 6.08 Å². The summed E-state index contributed by atoms with van der Waals surface area (Å²) < 4.78 is 7.78. The van der Waals surface area contributed by atoms with Gasteiger partial charge >= 0.3 is 0 Å². The predicted octanol–water partition coefficient (Wildman–Crippen LogP) is 4.27. The van der Waals surface area contributed by atoms with E-state index in [0.29, 0.717) is 5.92 Å². The average molecular weight is 376 g/mol. The highest BCUT2D eigenvalue weighted by Crippen LogP contribution is 2.25. The third-order valence-electron chi connectivity index (χ3n) is 4.96. The molecule has 1 amide bonds. The number of rotatable bonds is 8. The number of ether oxygens (including phenoxy) is 1. The van der Waals surface area contributed by atoms with Crippen molar-refractivity contribution in [1.29, 1.82) is 0 Å². The molecule has 2 rings (SSSR count). The number of amides is 1. The van der Waals surface area contributed by atoms with Gasteiger partial charge in [0, 0.05) is 50.5 Å². The van der Waals surface area contributed by atoms with Gasteiger partial charge in [0.1, 0.15) is 5.82 Å². The van der Waals surface area contributed by atoms with E-state index < -0.39 is 0 Å². The standard InChI is InChI=1S/C22H37N3O2/c1-6-12-24(13-7-2)20(26)9-8-19-17-25(21(23-19)22(3,4)5)16-18-10-14-27-15-11-18/h8-9,17-18H,6-7,10-16H2,1-5H3. The maximum atomic E-state index is 12.5. The fourth-order valence-electron chi connectivity index (χ4n) is 3.60. The van der Waals surface area contributed by atoms with Gasteiger partial charge in [-0.05, 0) is 37.7 Å². The lowest BCUT2D eigenvalue weighted by Crippen LogP contribution is -2.30. The van der Waals surface area contributed by atoms with Crippen molar-refractivity contribution >= 4 is 12.0 Å². The molecular weight excluding hydrogens is 338 g/mol. The van der Waals surface area contributed by atoms with Crippen molar-refractivity contribution in [3.05, 3.63) is 23.8 Å². The molecule has 0 saturated carbocycles. The van der Waals surface area contributed by atoms with E-state index >= 15 is 0 Å². The summed E-state index contributed by atoms with van der Waals surface area (Å²) in [6.07, 6.45) is 9.82. The SMILES string of the molecule is CCCN(CCC)C(=O)C=Cc1cn(CC2CCOCC2)c(C(C)(C)C)n1. The van der Waals surface area contributed by atoms with Gasteiger partial charge in [-0.1, -0.05) is 34.6 Å². The maximum absolute atomic E-state index is 12.5. The third kappa shape index (κ3) is 6.49. The summed E-state index contributed by atoms with van der Waals surface area (Å²) in [7, 11) is 0. The van der Waals surface area contributed by atoms with Gasteiger partial charge in [-0.3, -0.25) is 4.79 Å². The van der Waals surface area contributed by atoms with Crippen LogP contribution in [0.25, 0.3) is 6.08 Å². The average Bonchev–Trinajstić information content (AvgIpc) is 3.03. The van der Waals surface area contributed by atoms with Crippen LogP contribution in [0.1, 0.15) is 71.8 Å². The maximum Gasteiger partial charge on any atom is 0.246 e. The summed E-state index contributed by atoms with van der Waals surface area (Å²) in [5, 5.41) is 0. The highest BCUT2D eigenvalue weighted by atomic mass is 16.5. The first-order valence-corrected chi connectivity index (χ1v) is 10.5. The molecule has 0 aliphatic carbocycles. The van der Waals surface area contributed by atoms with Gasteiger partial charge in [0.2, 0.25) is 5.91 Å². The van der Waals surface area contributed by atoms with Crippen LogP contribution >= 0.6 is 0 Å². The molecule has 1 aliphatic heterocycles. The molecule has 1 aromatic rings. The first-order chi connectivity index (χ1) is 12.8. The lowest BCUT2D eigenvalue weighted by atomic mass is 9.94. The Morgan fingerprint density at radius 1 is 1.26 bits per heavy atom. The van der Waals surface area contributed by atoms with E-state index in [1.165, 1.54) is 0 Å².